The zero-order valence-corrected chi connectivity index (χ0v) is 13.1. The minimum Gasteiger partial charge on any atom is -0.504 e. The molecule has 2 unspecified atom stereocenters. The molecule has 2 aliphatic heterocycles. The number of piperidine rings is 1. The molecule has 2 atom stereocenters. The van der Waals surface area contributed by atoms with Crippen molar-refractivity contribution in [3.63, 3.8) is 0 Å². The summed E-state index contributed by atoms with van der Waals surface area (Å²) in [5.41, 5.74) is 0.963. The first-order valence-electron chi connectivity index (χ1n) is 8.02. The van der Waals surface area contributed by atoms with E-state index < -0.39 is 0 Å². The summed E-state index contributed by atoms with van der Waals surface area (Å²) < 4.78 is 5.21. The highest BCUT2D eigenvalue weighted by molar-refractivity contribution is 5.45. The number of hydrogen-bond acceptors (Lipinski definition) is 4. The largest absolute Gasteiger partial charge is 0.504 e. The molecule has 0 aromatic heterocycles. The van der Waals surface area contributed by atoms with Crippen molar-refractivity contribution in [3.05, 3.63) is 23.8 Å². The summed E-state index contributed by atoms with van der Waals surface area (Å²) >= 11 is 0. The van der Waals surface area contributed by atoms with Crippen molar-refractivity contribution in [1.29, 1.82) is 0 Å². The Kier molecular flexibility index (Phi) is 4.36. The smallest absolute Gasteiger partial charge is 0.162 e. The van der Waals surface area contributed by atoms with E-state index in [9.17, 15) is 5.11 Å². The Morgan fingerprint density at radius 1 is 1.29 bits per heavy atom. The van der Waals surface area contributed by atoms with Crippen molar-refractivity contribution in [1.82, 2.24) is 9.80 Å². The van der Waals surface area contributed by atoms with Gasteiger partial charge in [0.05, 0.1) is 7.11 Å². The van der Waals surface area contributed by atoms with Gasteiger partial charge < -0.3 is 9.84 Å². The number of ether oxygens (including phenoxy) is 1. The molecule has 0 amide bonds. The topological polar surface area (TPSA) is 35.9 Å². The highest BCUT2D eigenvalue weighted by Gasteiger charge is 2.33. The van der Waals surface area contributed by atoms with Crippen molar-refractivity contribution < 1.29 is 9.84 Å². The number of rotatable bonds is 3. The summed E-state index contributed by atoms with van der Waals surface area (Å²) in [7, 11) is 1.60. The SMILES string of the molecule is COc1cccc(CN2CC3CCCCN3CC2C)c1O. The fourth-order valence-electron chi connectivity index (χ4n) is 3.71. The van der Waals surface area contributed by atoms with Crippen molar-refractivity contribution in [2.75, 3.05) is 26.7 Å². The lowest BCUT2D eigenvalue weighted by molar-refractivity contribution is 0.0107. The summed E-state index contributed by atoms with van der Waals surface area (Å²) in [5, 5.41) is 10.3. The fraction of sp³-hybridized carbons (Fsp3) is 0.647. The molecule has 1 N–H and O–H groups in total. The van der Waals surface area contributed by atoms with Gasteiger partial charge in [0.15, 0.2) is 11.5 Å². The quantitative estimate of drug-likeness (QED) is 0.927. The highest BCUT2D eigenvalue weighted by Crippen LogP contribution is 2.32. The van der Waals surface area contributed by atoms with Crippen LogP contribution in [0.15, 0.2) is 18.2 Å². The molecule has 0 bridgehead atoms. The molecule has 116 valence electrons. The highest BCUT2D eigenvalue weighted by atomic mass is 16.5. The van der Waals surface area contributed by atoms with Gasteiger partial charge in [-0.2, -0.15) is 0 Å². The molecule has 2 fully saturated rings. The van der Waals surface area contributed by atoms with E-state index in [0.29, 0.717) is 23.6 Å². The summed E-state index contributed by atoms with van der Waals surface area (Å²) in [6.45, 7) is 6.61. The van der Waals surface area contributed by atoms with Crippen molar-refractivity contribution in [3.8, 4) is 11.5 Å². The van der Waals surface area contributed by atoms with Crippen molar-refractivity contribution in [2.24, 2.45) is 0 Å². The van der Waals surface area contributed by atoms with Crippen LogP contribution in [-0.4, -0.2) is 53.7 Å². The second kappa shape index (κ2) is 6.24. The van der Waals surface area contributed by atoms with Crippen LogP contribution < -0.4 is 4.74 Å². The lowest BCUT2D eigenvalue weighted by atomic mass is 9.96. The van der Waals surface area contributed by atoms with E-state index in [4.69, 9.17) is 4.74 Å². The number of fused-ring (bicyclic) bond motifs is 1. The van der Waals surface area contributed by atoms with E-state index in [1.807, 2.05) is 12.1 Å². The third-order valence-electron chi connectivity index (χ3n) is 4.99. The first-order valence-corrected chi connectivity index (χ1v) is 8.02. The molecule has 2 heterocycles. The van der Waals surface area contributed by atoms with E-state index in [1.165, 1.54) is 25.8 Å². The molecular weight excluding hydrogens is 264 g/mol. The minimum absolute atomic E-state index is 0.290. The number of methoxy groups -OCH3 is 1. The Morgan fingerprint density at radius 3 is 2.95 bits per heavy atom. The van der Waals surface area contributed by atoms with Crippen LogP contribution in [0.5, 0.6) is 11.5 Å². The van der Waals surface area contributed by atoms with Crippen molar-refractivity contribution >= 4 is 0 Å². The van der Waals surface area contributed by atoms with E-state index in [0.717, 1.165) is 25.2 Å². The molecular formula is C17H26N2O2. The number of phenols is 1. The van der Waals surface area contributed by atoms with Gasteiger partial charge in [-0.3, -0.25) is 9.80 Å². The number of benzene rings is 1. The van der Waals surface area contributed by atoms with E-state index >= 15 is 0 Å². The van der Waals surface area contributed by atoms with Crippen LogP contribution in [0.2, 0.25) is 0 Å². The zero-order chi connectivity index (χ0) is 14.8. The van der Waals surface area contributed by atoms with Gasteiger partial charge in [0, 0.05) is 37.3 Å². The van der Waals surface area contributed by atoms with Crippen LogP contribution in [0.1, 0.15) is 31.7 Å². The predicted octanol–water partition coefficient (Wildman–Crippen LogP) is 2.46. The van der Waals surface area contributed by atoms with E-state index in [-0.39, 0.29) is 0 Å². The number of hydrogen-bond donors (Lipinski definition) is 1. The maximum absolute atomic E-state index is 10.3. The van der Waals surface area contributed by atoms with Crippen molar-refractivity contribution in [2.45, 2.75) is 44.8 Å². The molecule has 2 aliphatic rings. The van der Waals surface area contributed by atoms with Crippen LogP contribution in [0.4, 0.5) is 0 Å². The molecule has 1 aromatic carbocycles. The Morgan fingerprint density at radius 2 is 2.14 bits per heavy atom. The second-order valence-electron chi connectivity index (χ2n) is 6.39. The molecule has 4 heteroatoms. The number of aromatic hydroxyl groups is 1. The molecule has 21 heavy (non-hydrogen) atoms. The summed E-state index contributed by atoms with van der Waals surface area (Å²) in [5.74, 6) is 0.856. The molecule has 3 rings (SSSR count). The molecule has 0 aliphatic carbocycles. The number of phenolic OH excluding ortho intramolecular Hbond substituents is 1. The van der Waals surface area contributed by atoms with Crippen LogP contribution >= 0.6 is 0 Å². The lowest BCUT2D eigenvalue weighted by Gasteiger charge is -2.47. The third-order valence-corrected chi connectivity index (χ3v) is 4.99. The Balaban J connectivity index is 1.72. The summed E-state index contributed by atoms with van der Waals surface area (Å²) in [4.78, 5) is 5.15. The monoisotopic (exact) mass is 290 g/mol. The van der Waals surface area contributed by atoms with Gasteiger partial charge in [-0.15, -0.1) is 0 Å². The average molecular weight is 290 g/mol. The summed E-state index contributed by atoms with van der Waals surface area (Å²) in [6, 6.07) is 6.99. The van der Waals surface area contributed by atoms with Gasteiger partial charge >= 0.3 is 0 Å². The Hall–Kier alpha value is -1.26. The number of nitrogens with zero attached hydrogens (tertiary/aromatic N) is 2. The van der Waals surface area contributed by atoms with E-state index in [1.54, 1.807) is 13.2 Å². The first-order chi connectivity index (χ1) is 10.2. The molecule has 0 spiro atoms. The molecule has 4 nitrogen and oxygen atoms in total. The van der Waals surface area contributed by atoms with Crippen LogP contribution in [0, 0.1) is 0 Å². The Bertz CT molecular complexity index is 492. The van der Waals surface area contributed by atoms with Crippen LogP contribution in [-0.2, 0) is 6.54 Å². The summed E-state index contributed by atoms with van der Waals surface area (Å²) in [6.07, 6.45) is 4.01. The predicted molar refractivity (Wildman–Crippen MR) is 83.7 cm³/mol. The lowest BCUT2D eigenvalue weighted by Crippen LogP contribution is -2.58. The second-order valence-corrected chi connectivity index (χ2v) is 6.39. The normalized spacial score (nSPS) is 27.3. The first kappa shape index (κ1) is 14.7. The number of para-hydroxylation sites is 1. The average Bonchev–Trinajstić information content (AvgIpc) is 2.50. The third kappa shape index (κ3) is 3.01. The standard InChI is InChI=1S/C17H26N2O2/c1-13-10-18-9-4-3-7-15(18)12-19(13)11-14-6-5-8-16(21-2)17(14)20/h5-6,8,13,15,20H,3-4,7,9-12H2,1-2H3. The molecule has 0 radical (unpaired) electrons. The minimum atomic E-state index is 0.290. The van der Waals surface area contributed by atoms with Gasteiger partial charge in [0.25, 0.3) is 0 Å². The maximum Gasteiger partial charge on any atom is 0.162 e. The van der Waals surface area contributed by atoms with Gasteiger partial charge in [0.1, 0.15) is 0 Å². The zero-order valence-electron chi connectivity index (χ0n) is 13.1. The van der Waals surface area contributed by atoms with Gasteiger partial charge in [-0.05, 0) is 32.4 Å². The van der Waals surface area contributed by atoms with Gasteiger partial charge in [0.2, 0.25) is 0 Å². The van der Waals surface area contributed by atoms with Gasteiger partial charge in [-0.25, -0.2) is 0 Å². The molecule has 0 saturated carbocycles. The maximum atomic E-state index is 10.3. The number of piperazine rings is 1. The molecule has 1 aromatic rings. The van der Waals surface area contributed by atoms with Crippen LogP contribution in [0.25, 0.3) is 0 Å². The van der Waals surface area contributed by atoms with Gasteiger partial charge in [-0.1, -0.05) is 18.6 Å². The fourth-order valence-corrected chi connectivity index (χ4v) is 3.71. The van der Waals surface area contributed by atoms with Crippen LogP contribution in [0.3, 0.4) is 0 Å². The van der Waals surface area contributed by atoms with E-state index in [2.05, 4.69) is 16.7 Å². The Labute approximate surface area is 127 Å². The molecule has 2 saturated heterocycles.